The van der Waals surface area contributed by atoms with Crippen LogP contribution in [-0.2, 0) is 27.2 Å². The van der Waals surface area contributed by atoms with Gasteiger partial charge in [0.2, 0.25) is 5.91 Å². The fourth-order valence-electron chi connectivity index (χ4n) is 2.79. The Morgan fingerprint density at radius 2 is 2.00 bits per heavy atom. The highest BCUT2D eigenvalue weighted by molar-refractivity contribution is 7.16. The molecule has 130 valence electrons. The highest BCUT2D eigenvalue weighted by Crippen LogP contribution is 2.37. The van der Waals surface area contributed by atoms with Gasteiger partial charge in [0.25, 0.3) is 0 Å². The van der Waals surface area contributed by atoms with Gasteiger partial charge in [0.15, 0.2) is 0 Å². The van der Waals surface area contributed by atoms with Crippen LogP contribution in [0.5, 0.6) is 0 Å². The van der Waals surface area contributed by atoms with Crippen molar-refractivity contribution in [1.82, 2.24) is 0 Å². The number of rotatable bonds is 5. The molecule has 1 heterocycles. The Kier molecular flexibility index (Phi) is 6.32. The minimum absolute atomic E-state index is 0.102. The number of fused-ring (bicyclic) bond motifs is 1. The summed E-state index contributed by atoms with van der Waals surface area (Å²) in [4.78, 5) is 25.2. The van der Waals surface area contributed by atoms with E-state index in [1.807, 2.05) is 0 Å². The van der Waals surface area contributed by atoms with Crippen LogP contribution in [0, 0.1) is 22.7 Å². The second-order valence-corrected chi connectivity index (χ2v) is 6.84. The summed E-state index contributed by atoms with van der Waals surface area (Å²) in [6, 6.07) is 3.98. The summed E-state index contributed by atoms with van der Waals surface area (Å²) in [5.74, 6) is -1.08. The molecule has 1 aromatic heterocycles. The lowest BCUT2D eigenvalue weighted by molar-refractivity contribution is -0.138. The third-order valence-electron chi connectivity index (χ3n) is 3.98. The molecule has 6 nitrogen and oxygen atoms in total. The minimum atomic E-state index is -0.723. The molecule has 1 aliphatic carbocycles. The average molecular weight is 357 g/mol. The molecule has 0 atom stereocenters. The van der Waals surface area contributed by atoms with Gasteiger partial charge in [-0.25, -0.2) is 4.79 Å². The molecule has 0 aromatic carbocycles. The fourth-order valence-corrected chi connectivity index (χ4v) is 4.05. The van der Waals surface area contributed by atoms with Gasteiger partial charge in [-0.05, 0) is 50.7 Å². The lowest BCUT2D eigenvalue weighted by atomic mass is 9.96. The maximum atomic E-state index is 12.3. The molecule has 0 saturated heterocycles. The van der Waals surface area contributed by atoms with E-state index in [2.05, 4.69) is 11.4 Å². The number of esters is 1. The van der Waals surface area contributed by atoms with E-state index in [0.717, 1.165) is 36.1 Å². The molecule has 0 unspecified atom stereocenters. The average Bonchev–Trinajstić information content (AvgIpc) is 2.92. The number of carbonyl (C=O) groups excluding carboxylic acids is 2. The number of nitrogens with one attached hydrogen (secondary N) is 1. The van der Waals surface area contributed by atoms with Crippen molar-refractivity contribution in [3.63, 3.8) is 0 Å². The molecule has 0 fully saturated rings. The maximum absolute atomic E-state index is 12.3. The van der Waals surface area contributed by atoms with Crippen molar-refractivity contribution in [2.24, 2.45) is 0 Å². The van der Waals surface area contributed by atoms with Crippen LogP contribution in [0.1, 0.15) is 49.1 Å². The van der Waals surface area contributed by atoms with Gasteiger partial charge in [0.05, 0.1) is 12.2 Å². The predicted molar refractivity (Wildman–Crippen MR) is 93.9 cm³/mol. The van der Waals surface area contributed by atoms with Crippen LogP contribution in [0.2, 0.25) is 0 Å². The summed E-state index contributed by atoms with van der Waals surface area (Å²) in [6.45, 7) is 3.37. The Hall–Kier alpha value is -2.64. The number of thiophene rings is 1. The Balaban J connectivity index is 2.15. The van der Waals surface area contributed by atoms with Gasteiger partial charge >= 0.3 is 5.97 Å². The van der Waals surface area contributed by atoms with Crippen LogP contribution in [0.25, 0.3) is 0 Å². The molecule has 1 aliphatic rings. The number of anilines is 1. The molecule has 0 radical (unpaired) electrons. The van der Waals surface area contributed by atoms with Crippen molar-refractivity contribution < 1.29 is 14.3 Å². The summed E-state index contributed by atoms with van der Waals surface area (Å²) >= 11 is 1.44. The largest absolute Gasteiger partial charge is 0.462 e. The molecular weight excluding hydrogens is 338 g/mol. The van der Waals surface area contributed by atoms with Gasteiger partial charge in [0.1, 0.15) is 22.7 Å². The molecule has 1 N–H and O–H groups in total. The summed E-state index contributed by atoms with van der Waals surface area (Å²) in [6.07, 6.45) is 3.85. The van der Waals surface area contributed by atoms with Gasteiger partial charge in [-0.3, -0.25) is 4.79 Å². The summed E-state index contributed by atoms with van der Waals surface area (Å²) in [7, 11) is 0. The maximum Gasteiger partial charge on any atom is 0.348 e. The van der Waals surface area contributed by atoms with Crippen LogP contribution in [0.15, 0.2) is 11.1 Å². The predicted octanol–water partition coefficient (Wildman–Crippen LogP) is 3.23. The number of amides is 1. The first-order valence-corrected chi connectivity index (χ1v) is 8.94. The molecule has 0 bridgehead atoms. The summed E-state index contributed by atoms with van der Waals surface area (Å²) in [5.41, 5.74) is 1.78. The molecule has 7 heteroatoms. The first-order chi connectivity index (χ1) is 12.0. The van der Waals surface area contributed by atoms with Gasteiger partial charge in [-0.15, -0.1) is 11.3 Å². The zero-order valence-electron chi connectivity index (χ0n) is 14.3. The minimum Gasteiger partial charge on any atom is -0.462 e. The molecule has 2 rings (SSSR count). The highest BCUT2D eigenvalue weighted by atomic mass is 32.1. The Labute approximate surface area is 150 Å². The van der Waals surface area contributed by atoms with Gasteiger partial charge in [-0.2, -0.15) is 10.5 Å². The fraction of sp³-hybridized carbons (Fsp3) is 0.444. The van der Waals surface area contributed by atoms with E-state index in [1.165, 1.54) is 11.3 Å². The highest BCUT2D eigenvalue weighted by Gasteiger charge is 2.22. The van der Waals surface area contributed by atoms with Gasteiger partial charge < -0.3 is 10.1 Å². The number of carbonyl (C=O) groups is 2. The van der Waals surface area contributed by atoms with E-state index >= 15 is 0 Å². The lowest BCUT2D eigenvalue weighted by Crippen LogP contribution is -2.14. The van der Waals surface area contributed by atoms with Crippen LogP contribution in [-0.4, -0.2) is 18.5 Å². The molecule has 1 aromatic rings. The van der Waals surface area contributed by atoms with Crippen molar-refractivity contribution in [3.05, 3.63) is 27.2 Å². The molecular formula is C18H19N3O3S. The quantitative estimate of drug-likeness (QED) is 0.495. The van der Waals surface area contributed by atoms with Crippen LogP contribution in [0.4, 0.5) is 5.00 Å². The van der Waals surface area contributed by atoms with E-state index in [1.54, 1.807) is 19.9 Å². The molecule has 1 amide bonds. The summed E-state index contributed by atoms with van der Waals surface area (Å²) < 4.78 is 4.82. The second-order valence-electron chi connectivity index (χ2n) is 5.74. The van der Waals surface area contributed by atoms with Crippen LogP contribution >= 0.6 is 11.3 Å². The number of nitriles is 2. The number of ether oxygens (including phenoxy) is 1. The first-order valence-electron chi connectivity index (χ1n) is 8.13. The normalized spacial score (nSPS) is 13.8. The molecule has 0 spiro atoms. The van der Waals surface area contributed by atoms with E-state index in [4.69, 9.17) is 10.00 Å². The van der Waals surface area contributed by atoms with Crippen LogP contribution < -0.4 is 5.32 Å². The van der Waals surface area contributed by atoms with E-state index in [0.29, 0.717) is 16.1 Å². The monoisotopic (exact) mass is 357 g/mol. The second kappa shape index (κ2) is 8.46. The standard InChI is InChI=1S/C18H19N3O3S/c1-3-24-18(23)13(9-19)11(2)8-16(22)21-17-14(10-20)12-6-4-5-7-15(12)25-17/h3-8H2,1-2H3,(H,21,22)/b13-11+. The van der Waals surface area contributed by atoms with E-state index < -0.39 is 5.97 Å². The van der Waals surface area contributed by atoms with Crippen molar-refractivity contribution in [3.8, 4) is 12.1 Å². The molecule has 25 heavy (non-hydrogen) atoms. The van der Waals surface area contributed by atoms with Gasteiger partial charge in [-0.1, -0.05) is 0 Å². The smallest absolute Gasteiger partial charge is 0.348 e. The van der Waals surface area contributed by atoms with Crippen molar-refractivity contribution in [1.29, 1.82) is 10.5 Å². The third kappa shape index (κ3) is 4.26. The lowest BCUT2D eigenvalue weighted by Gasteiger charge is -2.09. The van der Waals surface area contributed by atoms with Crippen LogP contribution in [0.3, 0.4) is 0 Å². The van der Waals surface area contributed by atoms with Crippen molar-refractivity contribution in [2.75, 3.05) is 11.9 Å². The topological polar surface area (TPSA) is 103 Å². The Morgan fingerprint density at radius 1 is 1.28 bits per heavy atom. The SMILES string of the molecule is CCOC(=O)/C(C#N)=C(\C)CC(=O)Nc1sc2c(c1C#N)CCCC2. The zero-order valence-corrected chi connectivity index (χ0v) is 15.1. The van der Waals surface area contributed by atoms with Crippen molar-refractivity contribution in [2.45, 2.75) is 46.0 Å². The van der Waals surface area contributed by atoms with Crippen molar-refractivity contribution >= 4 is 28.2 Å². The Morgan fingerprint density at radius 3 is 2.64 bits per heavy atom. The first kappa shape index (κ1) is 18.7. The Bertz CT molecular complexity index is 809. The van der Waals surface area contributed by atoms with E-state index in [-0.39, 0.29) is 24.5 Å². The molecule has 0 saturated carbocycles. The third-order valence-corrected chi connectivity index (χ3v) is 5.19. The number of aryl methyl sites for hydroxylation is 1. The zero-order chi connectivity index (χ0) is 18.4. The van der Waals surface area contributed by atoms with E-state index in [9.17, 15) is 14.9 Å². The number of nitrogens with zero attached hydrogens (tertiary/aromatic N) is 2. The molecule has 0 aliphatic heterocycles. The van der Waals surface area contributed by atoms with Gasteiger partial charge in [0, 0.05) is 11.3 Å². The summed E-state index contributed by atoms with van der Waals surface area (Å²) in [5, 5.41) is 21.8. The number of hydrogen-bond acceptors (Lipinski definition) is 6. The number of hydrogen-bond donors (Lipinski definition) is 1.